The number of aryl methyl sites for hydroxylation is 3. The summed E-state index contributed by atoms with van der Waals surface area (Å²) in [4.78, 5) is 21.0. The molecule has 0 saturated carbocycles. The molecular formula is C20H17FN4O2S. The molecule has 0 bridgehead atoms. The van der Waals surface area contributed by atoms with Crippen LogP contribution in [0.5, 0.6) is 0 Å². The number of benzene rings is 2. The number of halogens is 1. The first-order chi connectivity index (χ1) is 13.5. The van der Waals surface area contributed by atoms with E-state index in [4.69, 9.17) is 4.52 Å². The number of fused-ring (bicyclic) bond motifs is 1. The number of nitrogens with zero attached hydrogens (tertiary/aromatic N) is 3. The monoisotopic (exact) mass is 396 g/mol. The fourth-order valence-corrected chi connectivity index (χ4v) is 3.96. The Labute approximate surface area is 164 Å². The molecule has 0 atom stereocenters. The van der Waals surface area contributed by atoms with Gasteiger partial charge in [0, 0.05) is 18.4 Å². The third-order valence-electron chi connectivity index (χ3n) is 4.21. The molecule has 0 aliphatic carbocycles. The number of anilines is 1. The van der Waals surface area contributed by atoms with Crippen LogP contribution >= 0.6 is 11.3 Å². The van der Waals surface area contributed by atoms with Gasteiger partial charge < -0.3 is 9.84 Å². The van der Waals surface area contributed by atoms with Gasteiger partial charge in [-0.25, -0.2) is 9.37 Å². The largest absolute Gasteiger partial charge is 0.339 e. The number of carbonyl (C=O) groups is 1. The number of rotatable bonds is 5. The highest BCUT2D eigenvalue weighted by Crippen LogP contribution is 2.29. The quantitative estimate of drug-likeness (QED) is 0.530. The zero-order chi connectivity index (χ0) is 19.7. The number of amides is 1. The Balaban J connectivity index is 1.38. The summed E-state index contributed by atoms with van der Waals surface area (Å²) in [6.07, 6.45) is 0.502. The van der Waals surface area contributed by atoms with E-state index in [-0.39, 0.29) is 18.1 Å². The van der Waals surface area contributed by atoms with Gasteiger partial charge in [-0.15, -0.1) is 0 Å². The van der Waals surface area contributed by atoms with Crippen LogP contribution in [-0.2, 0) is 11.2 Å². The summed E-state index contributed by atoms with van der Waals surface area (Å²) in [6, 6.07) is 9.95. The van der Waals surface area contributed by atoms with Gasteiger partial charge >= 0.3 is 0 Å². The molecule has 28 heavy (non-hydrogen) atoms. The molecule has 0 saturated heterocycles. The fraction of sp³-hybridized carbons (Fsp3) is 0.200. The van der Waals surface area contributed by atoms with Crippen molar-refractivity contribution < 1.29 is 13.7 Å². The van der Waals surface area contributed by atoms with Crippen molar-refractivity contribution in [1.82, 2.24) is 15.1 Å². The van der Waals surface area contributed by atoms with Crippen molar-refractivity contribution in [2.24, 2.45) is 0 Å². The molecule has 0 fully saturated rings. The maximum absolute atomic E-state index is 13.0. The van der Waals surface area contributed by atoms with Crippen LogP contribution in [0.3, 0.4) is 0 Å². The van der Waals surface area contributed by atoms with Crippen molar-refractivity contribution in [1.29, 1.82) is 0 Å². The molecule has 1 N–H and O–H groups in total. The van der Waals surface area contributed by atoms with Gasteiger partial charge in [-0.05, 0) is 55.3 Å². The Kier molecular flexibility index (Phi) is 4.87. The second-order valence-electron chi connectivity index (χ2n) is 6.51. The van der Waals surface area contributed by atoms with Crippen molar-refractivity contribution in [3.8, 4) is 11.4 Å². The lowest BCUT2D eigenvalue weighted by Crippen LogP contribution is -2.12. The van der Waals surface area contributed by atoms with E-state index in [9.17, 15) is 9.18 Å². The predicted molar refractivity (Wildman–Crippen MR) is 106 cm³/mol. The number of hydrogen-bond acceptors (Lipinski definition) is 6. The average Bonchev–Trinajstić information content (AvgIpc) is 3.27. The van der Waals surface area contributed by atoms with Crippen LogP contribution in [0.1, 0.15) is 23.4 Å². The molecule has 4 aromatic rings. The van der Waals surface area contributed by atoms with Crippen molar-refractivity contribution >= 4 is 32.6 Å². The second-order valence-corrected chi connectivity index (χ2v) is 7.55. The van der Waals surface area contributed by atoms with Gasteiger partial charge in [0.15, 0.2) is 5.13 Å². The van der Waals surface area contributed by atoms with Gasteiger partial charge in [-0.2, -0.15) is 4.98 Å². The summed E-state index contributed by atoms with van der Waals surface area (Å²) in [5, 5.41) is 7.28. The minimum Gasteiger partial charge on any atom is -0.339 e. The highest BCUT2D eigenvalue weighted by Gasteiger charge is 2.13. The van der Waals surface area contributed by atoms with Crippen LogP contribution in [0.15, 0.2) is 40.9 Å². The van der Waals surface area contributed by atoms with Crippen LogP contribution < -0.4 is 5.32 Å². The minimum absolute atomic E-state index is 0.171. The smallest absolute Gasteiger partial charge is 0.227 e. The summed E-state index contributed by atoms with van der Waals surface area (Å²) in [5.74, 6) is 0.219. The van der Waals surface area contributed by atoms with Crippen LogP contribution in [0.4, 0.5) is 9.52 Å². The number of hydrogen-bond donors (Lipinski definition) is 1. The van der Waals surface area contributed by atoms with Crippen LogP contribution in [0, 0.1) is 19.7 Å². The van der Waals surface area contributed by atoms with E-state index < -0.39 is 0 Å². The van der Waals surface area contributed by atoms with Crippen molar-refractivity contribution in [2.45, 2.75) is 26.7 Å². The van der Waals surface area contributed by atoms with E-state index in [1.54, 1.807) is 12.1 Å². The normalized spacial score (nSPS) is 11.1. The highest BCUT2D eigenvalue weighted by atomic mass is 32.1. The zero-order valence-corrected chi connectivity index (χ0v) is 16.1. The Bertz CT molecular complexity index is 1150. The SMILES string of the molecule is Cc1cc(C)c2nc(NC(=O)CCc3nc(-c4ccc(F)cc4)no3)sc2c1. The van der Waals surface area contributed by atoms with Crippen LogP contribution in [0.25, 0.3) is 21.6 Å². The van der Waals surface area contributed by atoms with E-state index in [1.807, 2.05) is 13.8 Å². The second kappa shape index (κ2) is 7.47. The highest BCUT2D eigenvalue weighted by molar-refractivity contribution is 7.22. The molecular weight excluding hydrogens is 379 g/mol. The first kappa shape index (κ1) is 18.2. The topological polar surface area (TPSA) is 80.9 Å². The van der Waals surface area contributed by atoms with E-state index in [0.29, 0.717) is 28.8 Å². The number of thiazole rings is 1. The molecule has 0 aliphatic heterocycles. The van der Waals surface area contributed by atoms with E-state index in [1.165, 1.54) is 29.0 Å². The first-order valence-corrected chi connectivity index (χ1v) is 9.56. The molecule has 8 heteroatoms. The Hall–Kier alpha value is -3.13. The molecule has 2 aromatic carbocycles. The molecule has 1 amide bonds. The molecule has 142 valence electrons. The van der Waals surface area contributed by atoms with E-state index >= 15 is 0 Å². The Morgan fingerprint density at radius 1 is 1.18 bits per heavy atom. The van der Waals surface area contributed by atoms with Gasteiger partial charge in [0.2, 0.25) is 17.6 Å². The molecule has 0 unspecified atom stereocenters. The van der Waals surface area contributed by atoms with Crippen LogP contribution in [0.2, 0.25) is 0 Å². The van der Waals surface area contributed by atoms with Gasteiger partial charge in [0.25, 0.3) is 0 Å². The first-order valence-electron chi connectivity index (χ1n) is 8.74. The lowest BCUT2D eigenvalue weighted by atomic mass is 10.1. The summed E-state index contributed by atoms with van der Waals surface area (Å²) < 4.78 is 19.2. The number of nitrogens with one attached hydrogen (secondary N) is 1. The fourth-order valence-electron chi connectivity index (χ4n) is 2.90. The summed E-state index contributed by atoms with van der Waals surface area (Å²) >= 11 is 1.45. The molecule has 0 radical (unpaired) electrons. The molecule has 4 rings (SSSR count). The van der Waals surface area contributed by atoms with E-state index in [0.717, 1.165) is 15.8 Å². The van der Waals surface area contributed by atoms with E-state index in [2.05, 4.69) is 32.6 Å². The average molecular weight is 396 g/mol. The lowest BCUT2D eigenvalue weighted by Gasteiger charge is -1.98. The number of aromatic nitrogens is 3. The molecule has 2 heterocycles. The molecule has 0 spiro atoms. The van der Waals surface area contributed by atoms with Crippen LogP contribution in [-0.4, -0.2) is 21.0 Å². The van der Waals surface area contributed by atoms with Crippen molar-refractivity contribution in [3.05, 3.63) is 59.2 Å². The summed E-state index contributed by atoms with van der Waals surface area (Å²) in [6.45, 7) is 4.05. The third kappa shape index (κ3) is 3.91. The molecule has 6 nitrogen and oxygen atoms in total. The van der Waals surface area contributed by atoms with Gasteiger partial charge in [0.1, 0.15) is 5.82 Å². The minimum atomic E-state index is -0.329. The van der Waals surface area contributed by atoms with Crippen molar-refractivity contribution in [3.63, 3.8) is 0 Å². The zero-order valence-electron chi connectivity index (χ0n) is 15.3. The summed E-state index contributed by atoms with van der Waals surface area (Å²) in [5.41, 5.74) is 3.82. The molecule has 0 aliphatic rings. The Morgan fingerprint density at radius 3 is 2.75 bits per heavy atom. The van der Waals surface area contributed by atoms with Crippen molar-refractivity contribution in [2.75, 3.05) is 5.32 Å². The molecule has 2 aromatic heterocycles. The maximum atomic E-state index is 13.0. The third-order valence-corrected chi connectivity index (χ3v) is 5.13. The maximum Gasteiger partial charge on any atom is 0.227 e. The van der Waals surface area contributed by atoms with Gasteiger partial charge in [-0.1, -0.05) is 22.6 Å². The lowest BCUT2D eigenvalue weighted by molar-refractivity contribution is -0.116. The van der Waals surface area contributed by atoms with Gasteiger partial charge in [0.05, 0.1) is 10.2 Å². The number of carbonyl (C=O) groups excluding carboxylic acids is 1. The predicted octanol–water partition coefficient (Wildman–Crippen LogP) is 4.67. The summed E-state index contributed by atoms with van der Waals surface area (Å²) in [7, 11) is 0. The van der Waals surface area contributed by atoms with Gasteiger partial charge in [-0.3, -0.25) is 4.79 Å². The Morgan fingerprint density at radius 2 is 1.96 bits per heavy atom. The standard InChI is InChI=1S/C20H17FN4O2S/c1-11-9-12(2)18-15(10-11)28-20(24-18)22-16(26)7-8-17-23-19(25-27-17)13-3-5-14(21)6-4-13/h3-6,9-10H,7-8H2,1-2H3,(H,22,24,26).